The molecule has 0 aromatic heterocycles. The normalized spacial score (nSPS) is 10.5. The Labute approximate surface area is 168 Å². The van der Waals surface area contributed by atoms with Crippen molar-refractivity contribution in [1.29, 1.82) is 0 Å². The van der Waals surface area contributed by atoms with E-state index >= 15 is 0 Å². The molecule has 4 N–H and O–H groups in total. The molecule has 1 nitrogen and oxygen atoms in total. The van der Waals surface area contributed by atoms with E-state index in [-0.39, 0.29) is 30.1 Å². The number of hydrogen-bond donors (Lipinski definition) is 1. The molecule has 4 aromatic rings. The molecule has 0 atom stereocenters. The molecule has 0 aliphatic heterocycles. The summed E-state index contributed by atoms with van der Waals surface area (Å²) in [6, 6.07) is 34.2. The van der Waals surface area contributed by atoms with Crippen LogP contribution >= 0.6 is 0 Å². The van der Waals surface area contributed by atoms with Crippen molar-refractivity contribution in [3.05, 3.63) is 139 Å². The van der Waals surface area contributed by atoms with E-state index in [2.05, 4.69) is 97.1 Å². The fourth-order valence-corrected chi connectivity index (χ4v) is 3.69. The van der Waals surface area contributed by atoms with Crippen LogP contribution in [0, 0.1) is 41.7 Å². The van der Waals surface area contributed by atoms with Crippen LogP contribution in [0.2, 0.25) is 0 Å². The van der Waals surface area contributed by atoms with Crippen LogP contribution in [-0.2, 0) is 0 Å². The third-order valence-electron chi connectivity index (χ3n) is 4.87. The third kappa shape index (κ3) is 2.75. The third-order valence-corrected chi connectivity index (χ3v) is 4.87. The predicted molar refractivity (Wildman–Crippen MR) is 102 cm³/mol. The first-order valence-electron chi connectivity index (χ1n) is 8.31. The molecule has 0 radical (unpaired) electrons. The molecule has 2 heteroatoms. The Morgan fingerprint density at radius 2 is 0.385 bits per heavy atom. The average Bonchev–Trinajstić information content (AvgIpc) is 2.64. The highest BCUT2D eigenvalue weighted by Crippen LogP contribution is 2.12. The fourth-order valence-electron chi connectivity index (χ4n) is 3.69. The molecule has 0 spiro atoms. The van der Waals surface area contributed by atoms with Gasteiger partial charge in [-0.2, -0.15) is 0 Å². The minimum atomic E-state index is 0. The molecular formula is C24H20IN. The first-order valence-corrected chi connectivity index (χ1v) is 8.31. The van der Waals surface area contributed by atoms with Crippen molar-refractivity contribution in [3.63, 3.8) is 0 Å². The molecule has 0 bridgehead atoms. The van der Waals surface area contributed by atoms with Crippen LogP contribution in [-0.4, -0.2) is 0 Å². The van der Waals surface area contributed by atoms with Crippen molar-refractivity contribution in [2.24, 2.45) is 0 Å². The molecule has 0 amide bonds. The molecule has 0 heterocycles. The Bertz CT molecular complexity index is 1080. The highest BCUT2D eigenvalue weighted by atomic mass is 127. The van der Waals surface area contributed by atoms with Gasteiger partial charge in [-0.15, -0.1) is 0 Å². The minimum Gasteiger partial charge on any atom is -1.00 e. The number of halogens is 1. The van der Waals surface area contributed by atoms with Gasteiger partial charge in [0, 0.05) is 0 Å². The van der Waals surface area contributed by atoms with Gasteiger partial charge in [0.2, 0.25) is 0 Å². The molecule has 0 saturated carbocycles. The van der Waals surface area contributed by atoms with Gasteiger partial charge in [0.05, 0.1) is 0 Å². The van der Waals surface area contributed by atoms with Crippen molar-refractivity contribution in [1.82, 2.24) is 6.15 Å². The molecule has 26 heavy (non-hydrogen) atoms. The van der Waals surface area contributed by atoms with E-state index in [9.17, 15) is 0 Å². The smallest absolute Gasteiger partial charge is 0.00990 e. The standard InChI is InChI=1S/2C12H8.HI.H3N/c2*1-2-6-10-9(5-1)11-7-3-4-8-12(10)11;;/h2*1-8H;1H;1H3. The van der Waals surface area contributed by atoms with E-state index < -0.39 is 0 Å². The second-order valence-corrected chi connectivity index (χ2v) is 6.18. The van der Waals surface area contributed by atoms with Gasteiger partial charge in [0.25, 0.3) is 0 Å². The molecule has 2 aliphatic carbocycles. The summed E-state index contributed by atoms with van der Waals surface area (Å²) < 4.78 is 0. The zero-order chi connectivity index (χ0) is 15.9. The molecule has 0 saturated heterocycles. The number of fused-ring (bicyclic) bond motifs is 4. The van der Waals surface area contributed by atoms with Gasteiger partial charge in [-0.1, -0.05) is 97.1 Å². The summed E-state index contributed by atoms with van der Waals surface area (Å²) in [5, 5.41) is 11.2. The van der Waals surface area contributed by atoms with E-state index in [1.807, 2.05) is 0 Å². The minimum absolute atomic E-state index is 0. The first-order chi connectivity index (χ1) is 11.9. The van der Waals surface area contributed by atoms with Crippen LogP contribution in [0.15, 0.2) is 97.1 Å². The maximum atomic E-state index is 2.18. The summed E-state index contributed by atoms with van der Waals surface area (Å²) in [6.45, 7) is 0. The van der Waals surface area contributed by atoms with Crippen LogP contribution in [0.3, 0.4) is 0 Å². The second-order valence-electron chi connectivity index (χ2n) is 6.18. The Morgan fingerprint density at radius 3 is 0.500 bits per heavy atom. The maximum Gasteiger partial charge on any atom is -0.00990 e. The van der Waals surface area contributed by atoms with Crippen molar-refractivity contribution in [3.8, 4) is 0 Å². The molecule has 4 aromatic carbocycles. The van der Waals surface area contributed by atoms with Crippen LogP contribution < -0.4 is 30.1 Å². The summed E-state index contributed by atoms with van der Waals surface area (Å²) in [4.78, 5) is 0. The monoisotopic (exact) mass is 449 g/mol. The zero-order valence-electron chi connectivity index (χ0n) is 14.6. The molecule has 6 rings (SSSR count). The lowest BCUT2D eigenvalue weighted by molar-refractivity contribution is -0.00000509. The zero-order valence-corrected chi connectivity index (χ0v) is 16.8. The fraction of sp³-hybridized carbons (Fsp3) is 0. The first kappa shape index (κ1) is 18.4. The van der Waals surface area contributed by atoms with E-state index in [1.165, 1.54) is 41.7 Å². The number of hydrogen-bond acceptors (Lipinski definition) is 0. The lowest BCUT2D eigenvalue weighted by Gasteiger charge is -2.02. The Kier molecular flexibility index (Phi) is 5.25. The van der Waals surface area contributed by atoms with E-state index in [0.29, 0.717) is 0 Å². The molecule has 128 valence electrons. The molecule has 0 fully saturated rings. The summed E-state index contributed by atoms with van der Waals surface area (Å²) in [6.07, 6.45) is 0. The topological polar surface area (TPSA) is 36.5 Å². The SMILES string of the molecule is [I-].[NH4+].c1ccc2c(c1)=c1ccccc1=2.c1ccc2c(c1)=c1ccccc1=2. The van der Waals surface area contributed by atoms with E-state index in [1.54, 1.807) is 0 Å². The van der Waals surface area contributed by atoms with Gasteiger partial charge in [-0.25, -0.2) is 0 Å². The van der Waals surface area contributed by atoms with Gasteiger partial charge in [0.1, 0.15) is 0 Å². The van der Waals surface area contributed by atoms with E-state index in [0.717, 1.165) is 0 Å². The number of benzene rings is 4. The Hall–Kier alpha value is -2.43. The summed E-state index contributed by atoms with van der Waals surface area (Å²) in [7, 11) is 0. The Balaban J connectivity index is 0.000000140. The van der Waals surface area contributed by atoms with Crippen LogP contribution in [0.5, 0.6) is 0 Å². The highest BCUT2D eigenvalue weighted by molar-refractivity contribution is 5.29. The van der Waals surface area contributed by atoms with Crippen LogP contribution in [0.1, 0.15) is 0 Å². The van der Waals surface area contributed by atoms with Gasteiger partial charge in [-0.3, -0.25) is 0 Å². The van der Waals surface area contributed by atoms with Crippen LogP contribution in [0.4, 0.5) is 0 Å². The molecule has 2 aliphatic rings. The second kappa shape index (κ2) is 7.44. The van der Waals surface area contributed by atoms with Gasteiger partial charge in [0.15, 0.2) is 0 Å². The molecular weight excluding hydrogens is 429 g/mol. The lowest BCUT2D eigenvalue weighted by Crippen LogP contribution is -3.00. The quantitative estimate of drug-likeness (QED) is 0.346. The molecule has 0 unspecified atom stereocenters. The summed E-state index contributed by atoms with van der Waals surface area (Å²) in [5.74, 6) is 0. The largest absolute Gasteiger partial charge is 1.00 e. The average molecular weight is 449 g/mol. The van der Waals surface area contributed by atoms with Crippen molar-refractivity contribution < 1.29 is 24.0 Å². The van der Waals surface area contributed by atoms with Crippen molar-refractivity contribution in [2.45, 2.75) is 0 Å². The maximum absolute atomic E-state index is 2.18. The van der Waals surface area contributed by atoms with Gasteiger partial charge < -0.3 is 30.1 Å². The van der Waals surface area contributed by atoms with Gasteiger partial charge >= 0.3 is 0 Å². The lowest BCUT2D eigenvalue weighted by atomic mass is 10.0. The highest BCUT2D eigenvalue weighted by Gasteiger charge is 1.98. The summed E-state index contributed by atoms with van der Waals surface area (Å²) in [5.41, 5.74) is 0. The number of rotatable bonds is 0. The van der Waals surface area contributed by atoms with Crippen molar-refractivity contribution in [2.75, 3.05) is 0 Å². The number of quaternary nitrogens is 1. The Morgan fingerprint density at radius 1 is 0.269 bits per heavy atom. The van der Waals surface area contributed by atoms with Crippen molar-refractivity contribution >= 4 is 0 Å². The predicted octanol–water partition coefficient (Wildman–Crippen LogP) is 2.53. The van der Waals surface area contributed by atoms with Gasteiger partial charge in [-0.05, 0) is 41.7 Å². The van der Waals surface area contributed by atoms with Crippen LogP contribution in [0.25, 0.3) is 0 Å². The van der Waals surface area contributed by atoms with E-state index in [4.69, 9.17) is 0 Å². The summed E-state index contributed by atoms with van der Waals surface area (Å²) >= 11 is 0.